The van der Waals surface area contributed by atoms with Crippen molar-refractivity contribution in [3.05, 3.63) is 12.2 Å². The molecule has 13 heteroatoms. The van der Waals surface area contributed by atoms with E-state index in [0.717, 1.165) is 0 Å². The van der Waals surface area contributed by atoms with Gasteiger partial charge in [0.2, 0.25) is 0 Å². The van der Waals surface area contributed by atoms with Crippen LogP contribution in [0.1, 0.15) is 19.8 Å². The molecule has 0 rings (SSSR count). The summed E-state index contributed by atoms with van der Waals surface area (Å²) in [5, 5.41) is 0. The molecule has 0 spiro atoms. The second-order valence-electron chi connectivity index (χ2n) is 4.77. The number of carbonyl (C=O) groups excluding carboxylic acids is 1. The predicted octanol–water partition coefficient (Wildman–Crippen LogP) is 4.99. The Morgan fingerprint density at radius 1 is 0.840 bits per heavy atom. The molecular formula is C12H11F11O2. The van der Waals surface area contributed by atoms with Gasteiger partial charge in [0.1, 0.15) is 5.57 Å². The lowest BCUT2D eigenvalue weighted by atomic mass is 9.95. The summed E-state index contributed by atoms with van der Waals surface area (Å²) in [5.41, 5.74) is -2.16. The highest BCUT2D eigenvalue weighted by atomic mass is 19.4. The van der Waals surface area contributed by atoms with Gasteiger partial charge in [0.15, 0.2) is 0 Å². The van der Waals surface area contributed by atoms with Crippen molar-refractivity contribution in [1.29, 1.82) is 0 Å². The molecule has 0 amide bonds. The molecule has 148 valence electrons. The molecule has 0 bridgehead atoms. The predicted molar refractivity (Wildman–Crippen MR) is 60.9 cm³/mol. The van der Waals surface area contributed by atoms with Crippen LogP contribution in [-0.2, 0) is 9.53 Å². The van der Waals surface area contributed by atoms with Crippen LogP contribution in [0.25, 0.3) is 0 Å². The summed E-state index contributed by atoms with van der Waals surface area (Å²) in [6.07, 6.45) is -9.61. The number of carbonyl (C=O) groups is 1. The maximum absolute atomic E-state index is 13.3. The molecule has 0 saturated carbocycles. The van der Waals surface area contributed by atoms with E-state index in [1.807, 2.05) is 0 Å². The van der Waals surface area contributed by atoms with Crippen LogP contribution in [0.15, 0.2) is 12.2 Å². The fraction of sp³-hybridized carbons (Fsp3) is 0.750. The van der Waals surface area contributed by atoms with E-state index in [-0.39, 0.29) is 0 Å². The van der Waals surface area contributed by atoms with Gasteiger partial charge in [-0.2, -0.15) is 48.3 Å². The normalized spacial score (nSPS) is 14.4. The van der Waals surface area contributed by atoms with Gasteiger partial charge in [-0.05, 0) is 0 Å². The smallest absolute Gasteiger partial charge is 0.422 e. The van der Waals surface area contributed by atoms with Crippen LogP contribution in [0, 0.1) is 0 Å². The first-order valence-corrected chi connectivity index (χ1v) is 6.29. The summed E-state index contributed by atoms with van der Waals surface area (Å²) in [5.74, 6) is -26.6. The SMILES string of the molecule is C=C(C(=O)OCCC(F)(F)C(F)(F)C(F)(F)C(F)(F)CC)C(F)(F)F. The Morgan fingerprint density at radius 3 is 1.60 bits per heavy atom. The number of esters is 1. The number of hydrogen-bond donors (Lipinski definition) is 0. The zero-order valence-electron chi connectivity index (χ0n) is 12.3. The van der Waals surface area contributed by atoms with Crippen molar-refractivity contribution in [3.63, 3.8) is 0 Å². The Kier molecular flexibility index (Phi) is 6.55. The Bertz CT molecular complexity index is 508. The molecule has 0 aromatic heterocycles. The van der Waals surface area contributed by atoms with E-state index in [0.29, 0.717) is 6.92 Å². The lowest BCUT2D eigenvalue weighted by Gasteiger charge is -2.36. The second-order valence-corrected chi connectivity index (χ2v) is 4.77. The Balaban J connectivity index is 5.15. The molecule has 0 unspecified atom stereocenters. The second kappa shape index (κ2) is 6.98. The highest BCUT2D eigenvalue weighted by Crippen LogP contribution is 2.54. The van der Waals surface area contributed by atoms with Crippen molar-refractivity contribution in [2.24, 2.45) is 0 Å². The quantitative estimate of drug-likeness (QED) is 0.328. The first kappa shape index (κ1) is 23.4. The van der Waals surface area contributed by atoms with Gasteiger partial charge in [-0.25, -0.2) is 4.79 Å². The Morgan fingerprint density at radius 2 is 1.24 bits per heavy atom. The summed E-state index contributed by atoms with van der Waals surface area (Å²) < 4.78 is 144. The lowest BCUT2D eigenvalue weighted by molar-refractivity contribution is -0.367. The van der Waals surface area contributed by atoms with Gasteiger partial charge in [0.25, 0.3) is 0 Å². The third kappa shape index (κ3) is 4.54. The first-order valence-electron chi connectivity index (χ1n) is 6.29. The van der Waals surface area contributed by atoms with Crippen LogP contribution in [-0.4, -0.2) is 42.4 Å². The molecular weight excluding hydrogens is 385 g/mol. The van der Waals surface area contributed by atoms with E-state index in [2.05, 4.69) is 11.3 Å². The molecule has 0 aromatic rings. The molecule has 0 saturated heterocycles. The van der Waals surface area contributed by atoms with Gasteiger partial charge >= 0.3 is 35.8 Å². The van der Waals surface area contributed by atoms with E-state index in [4.69, 9.17) is 0 Å². The molecule has 0 aliphatic heterocycles. The number of ether oxygens (including phenoxy) is 1. The zero-order chi connectivity index (χ0) is 20.5. The van der Waals surface area contributed by atoms with Crippen LogP contribution >= 0.6 is 0 Å². The van der Waals surface area contributed by atoms with E-state index in [9.17, 15) is 53.1 Å². The van der Waals surface area contributed by atoms with Crippen molar-refractivity contribution in [2.75, 3.05) is 6.61 Å². The molecule has 0 aliphatic carbocycles. The van der Waals surface area contributed by atoms with Crippen LogP contribution in [0.4, 0.5) is 48.3 Å². The van der Waals surface area contributed by atoms with Gasteiger partial charge < -0.3 is 4.74 Å². The molecule has 0 N–H and O–H groups in total. The highest BCUT2D eigenvalue weighted by Gasteiger charge is 2.79. The average Bonchev–Trinajstić information content (AvgIpc) is 2.44. The molecule has 0 aromatic carbocycles. The molecule has 0 aliphatic rings. The van der Waals surface area contributed by atoms with Crippen LogP contribution in [0.2, 0.25) is 0 Å². The zero-order valence-corrected chi connectivity index (χ0v) is 12.3. The van der Waals surface area contributed by atoms with E-state index < -0.39 is 60.9 Å². The van der Waals surface area contributed by atoms with Crippen molar-refractivity contribution < 1.29 is 57.8 Å². The summed E-state index contributed by atoms with van der Waals surface area (Å²) in [6.45, 7) is 0.701. The van der Waals surface area contributed by atoms with Crippen LogP contribution in [0.5, 0.6) is 0 Å². The molecule has 2 nitrogen and oxygen atoms in total. The van der Waals surface area contributed by atoms with Gasteiger partial charge in [0.05, 0.1) is 13.0 Å². The van der Waals surface area contributed by atoms with Crippen molar-refractivity contribution >= 4 is 5.97 Å². The van der Waals surface area contributed by atoms with Gasteiger partial charge in [-0.3, -0.25) is 0 Å². The van der Waals surface area contributed by atoms with Crippen molar-refractivity contribution in [3.8, 4) is 0 Å². The highest BCUT2D eigenvalue weighted by molar-refractivity contribution is 5.89. The number of hydrogen-bond acceptors (Lipinski definition) is 2. The summed E-state index contributed by atoms with van der Waals surface area (Å²) in [7, 11) is 0. The summed E-state index contributed by atoms with van der Waals surface area (Å²) in [4.78, 5) is 10.8. The fourth-order valence-electron chi connectivity index (χ4n) is 1.31. The molecule has 0 heterocycles. The monoisotopic (exact) mass is 396 g/mol. The summed E-state index contributed by atoms with van der Waals surface area (Å²) in [6, 6.07) is 0. The maximum atomic E-state index is 13.3. The molecule has 0 atom stereocenters. The van der Waals surface area contributed by atoms with Gasteiger partial charge in [0, 0.05) is 6.42 Å². The minimum atomic E-state index is -6.56. The van der Waals surface area contributed by atoms with Crippen molar-refractivity contribution in [1.82, 2.24) is 0 Å². The van der Waals surface area contributed by atoms with Gasteiger partial charge in [-0.15, -0.1) is 0 Å². The first-order chi connectivity index (χ1) is 10.8. The topological polar surface area (TPSA) is 26.3 Å². The van der Waals surface area contributed by atoms with E-state index in [1.165, 1.54) is 0 Å². The van der Waals surface area contributed by atoms with E-state index in [1.54, 1.807) is 0 Å². The largest absolute Gasteiger partial charge is 0.462 e. The third-order valence-electron chi connectivity index (χ3n) is 2.99. The molecule has 25 heavy (non-hydrogen) atoms. The number of rotatable bonds is 8. The molecule has 0 fully saturated rings. The number of alkyl halides is 11. The minimum Gasteiger partial charge on any atom is -0.462 e. The average molecular weight is 396 g/mol. The number of halogens is 11. The van der Waals surface area contributed by atoms with Crippen molar-refractivity contribution in [2.45, 2.75) is 49.6 Å². The summed E-state index contributed by atoms with van der Waals surface area (Å²) >= 11 is 0. The van der Waals surface area contributed by atoms with Crippen LogP contribution in [0.3, 0.4) is 0 Å². The Labute approximate surface area is 133 Å². The Hall–Kier alpha value is -1.56. The van der Waals surface area contributed by atoms with Gasteiger partial charge in [-0.1, -0.05) is 13.5 Å². The maximum Gasteiger partial charge on any atom is 0.422 e. The minimum absolute atomic E-state index is 0.354. The van der Waals surface area contributed by atoms with E-state index >= 15 is 0 Å². The van der Waals surface area contributed by atoms with Crippen LogP contribution < -0.4 is 0 Å². The fourth-order valence-corrected chi connectivity index (χ4v) is 1.31. The lowest BCUT2D eigenvalue weighted by Crippen LogP contribution is -2.62. The standard InChI is InChI=1S/C12H11F11O2/c1-3-8(13,14)11(20,21)12(22,23)9(15,16)4-5-25-7(24)6(2)10(17,18)19/h2-5H2,1H3. The third-order valence-corrected chi connectivity index (χ3v) is 2.99. The molecule has 0 radical (unpaired) electrons.